The van der Waals surface area contributed by atoms with Crippen LogP contribution in [0.1, 0.15) is 76.9 Å². The van der Waals surface area contributed by atoms with Gasteiger partial charge in [-0.25, -0.2) is 14.6 Å². The molecule has 12 nitrogen and oxygen atoms in total. The van der Waals surface area contributed by atoms with Crippen molar-refractivity contribution in [2.75, 3.05) is 25.5 Å². The predicted molar refractivity (Wildman–Crippen MR) is 175 cm³/mol. The van der Waals surface area contributed by atoms with Crippen LogP contribution in [-0.4, -0.2) is 83.3 Å². The smallest absolute Gasteiger partial charge is 0.227 e. The maximum atomic E-state index is 6.45. The number of benzene rings is 1. The Kier molecular flexibility index (Phi) is 8.69. The third-order valence-corrected chi connectivity index (χ3v) is 10.2. The van der Waals surface area contributed by atoms with Crippen molar-refractivity contribution < 1.29 is 9.47 Å². The summed E-state index contributed by atoms with van der Waals surface area (Å²) in [6, 6.07) is 6.85. The Labute approximate surface area is 274 Å². The van der Waals surface area contributed by atoms with Gasteiger partial charge in [-0.05, 0) is 84.9 Å². The van der Waals surface area contributed by atoms with Crippen LogP contribution in [-0.2, 0) is 11.3 Å². The number of anilines is 2. The number of likely N-dealkylation sites (tertiary alicyclic amines) is 1. The molecule has 7 rings (SSSR count). The minimum atomic E-state index is -0.185. The molecule has 4 heterocycles. The maximum Gasteiger partial charge on any atom is 0.227 e. The van der Waals surface area contributed by atoms with Gasteiger partial charge in [-0.3, -0.25) is 9.58 Å². The van der Waals surface area contributed by atoms with Crippen molar-refractivity contribution in [2.45, 2.75) is 96.1 Å². The zero-order valence-electron chi connectivity index (χ0n) is 27.0. The lowest BCUT2D eigenvalue weighted by molar-refractivity contribution is -0.120. The fraction of sp³-hybridized carbons (Fsp3) is 0.576. The molecule has 0 radical (unpaired) electrons. The number of tetrazole rings is 1. The average molecular weight is 647 g/mol. The molecule has 2 saturated carbocycles. The highest BCUT2D eigenvalue weighted by Crippen LogP contribution is 2.55. The SMILES string of the molecule is COC1CCC(N2CC3(CC(n4cc(Nc5ncc(-c6ccc(Cl)c(O[C@@H](C)Cn7cnnn7)c6)cn5)c(C(C)C)n4)C3)C2)CC1. The van der Waals surface area contributed by atoms with Crippen LogP contribution < -0.4 is 10.1 Å². The fourth-order valence-electron chi connectivity index (χ4n) is 7.44. The monoisotopic (exact) mass is 646 g/mol. The van der Waals surface area contributed by atoms with Gasteiger partial charge in [-0.15, -0.1) is 5.10 Å². The topological polar surface area (TPSA) is 121 Å². The molecule has 244 valence electrons. The van der Waals surface area contributed by atoms with E-state index in [9.17, 15) is 0 Å². The molecule has 0 unspecified atom stereocenters. The normalized spacial score (nSPS) is 22.0. The molecule has 2 aliphatic carbocycles. The van der Waals surface area contributed by atoms with E-state index >= 15 is 0 Å². The number of methoxy groups -OCH3 is 1. The summed E-state index contributed by atoms with van der Waals surface area (Å²) in [7, 11) is 1.85. The Hall–Kier alpha value is -3.61. The van der Waals surface area contributed by atoms with E-state index < -0.39 is 0 Å². The van der Waals surface area contributed by atoms with E-state index in [0.29, 0.717) is 40.8 Å². The first-order valence-electron chi connectivity index (χ1n) is 16.4. The third kappa shape index (κ3) is 6.47. The summed E-state index contributed by atoms with van der Waals surface area (Å²) in [4.78, 5) is 12.0. The van der Waals surface area contributed by atoms with E-state index in [1.54, 1.807) is 11.0 Å². The Morgan fingerprint density at radius 3 is 2.46 bits per heavy atom. The molecular weight excluding hydrogens is 604 g/mol. The number of hydrogen-bond acceptors (Lipinski definition) is 10. The molecule has 46 heavy (non-hydrogen) atoms. The van der Waals surface area contributed by atoms with Crippen molar-refractivity contribution in [2.24, 2.45) is 5.41 Å². The Morgan fingerprint density at radius 2 is 1.78 bits per heavy atom. The minimum Gasteiger partial charge on any atom is -0.487 e. The van der Waals surface area contributed by atoms with Gasteiger partial charge in [-0.1, -0.05) is 31.5 Å². The van der Waals surface area contributed by atoms with Gasteiger partial charge in [0.05, 0.1) is 35.1 Å². The summed E-state index contributed by atoms with van der Waals surface area (Å²) >= 11 is 6.45. The zero-order valence-corrected chi connectivity index (χ0v) is 27.8. The molecule has 3 fully saturated rings. The largest absolute Gasteiger partial charge is 0.487 e. The lowest BCUT2D eigenvalue weighted by atomic mass is 9.60. The summed E-state index contributed by atoms with van der Waals surface area (Å²) in [5.41, 5.74) is 4.24. The molecule has 1 N–H and O–H groups in total. The van der Waals surface area contributed by atoms with Crippen LogP contribution in [0.2, 0.25) is 5.02 Å². The molecule has 3 aliphatic rings. The fourth-order valence-corrected chi connectivity index (χ4v) is 7.60. The Balaban J connectivity index is 0.965. The summed E-state index contributed by atoms with van der Waals surface area (Å²) < 4.78 is 15.5. The molecule has 0 bridgehead atoms. The number of hydrogen-bond donors (Lipinski definition) is 1. The highest BCUT2D eigenvalue weighted by atomic mass is 35.5. The van der Waals surface area contributed by atoms with Gasteiger partial charge >= 0.3 is 0 Å². The second kappa shape index (κ2) is 12.9. The maximum absolute atomic E-state index is 6.45. The first-order chi connectivity index (χ1) is 22.3. The quantitative estimate of drug-likeness (QED) is 0.211. The van der Waals surface area contributed by atoms with Crippen LogP contribution in [0.5, 0.6) is 5.75 Å². The van der Waals surface area contributed by atoms with Gasteiger partial charge in [0.2, 0.25) is 5.95 Å². The Morgan fingerprint density at radius 1 is 1.02 bits per heavy atom. The van der Waals surface area contributed by atoms with E-state index in [-0.39, 0.29) is 12.0 Å². The van der Waals surface area contributed by atoms with E-state index in [4.69, 9.17) is 26.2 Å². The van der Waals surface area contributed by atoms with Gasteiger partial charge in [0, 0.05) is 50.4 Å². The number of ether oxygens (including phenoxy) is 2. The molecule has 1 atom stereocenters. The van der Waals surface area contributed by atoms with E-state index in [1.165, 1.54) is 51.6 Å². The second-order valence-electron chi connectivity index (χ2n) is 13.7. The highest BCUT2D eigenvalue weighted by molar-refractivity contribution is 6.32. The number of aromatic nitrogens is 8. The first-order valence-corrected chi connectivity index (χ1v) is 16.8. The lowest BCUT2D eigenvalue weighted by Crippen LogP contribution is -2.65. The molecule has 1 aliphatic heterocycles. The van der Waals surface area contributed by atoms with E-state index in [2.05, 4.69) is 60.4 Å². The van der Waals surface area contributed by atoms with Gasteiger partial charge in [0.1, 0.15) is 18.2 Å². The average Bonchev–Trinajstić information content (AvgIpc) is 3.68. The van der Waals surface area contributed by atoms with Crippen molar-refractivity contribution in [1.82, 2.24) is 44.9 Å². The molecule has 0 amide bonds. The van der Waals surface area contributed by atoms with Crippen LogP contribution >= 0.6 is 11.6 Å². The summed E-state index contributed by atoms with van der Waals surface area (Å²) in [6.07, 6.45) is 14.9. The van der Waals surface area contributed by atoms with Gasteiger partial charge in [0.25, 0.3) is 0 Å². The highest BCUT2D eigenvalue weighted by Gasteiger charge is 2.54. The van der Waals surface area contributed by atoms with Crippen molar-refractivity contribution >= 4 is 23.2 Å². The molecule has 1 spiro atoms. The van der Waals surface area contributed by atoms with Crippen LogP contribution in [0.25, 0.3) is 11.1 Å². The molecular formula is C33H43ClN10O2. The minimum absolute atomic E-state index is 0.185. The molecule has 1 saturated heterocycles. The number of nitrogens with one attached hydrogen (secondary N) is 1. The Bertz CT molecular complexity index is 1600. The second-order valence-corrected chi connectivity index (χ2v) is 14.1. The van der Waals surface area contributed by atoms with E-state index in [1.807, 2.05) is 44.6 Å². The molecule has 1 aromatic carbocycles. The summed E-state index contributed by atoms with van der Waals surface area (Å²) in [5.74, 6) is 1.39. The van der Waals surface area contributed by atoms with Crippen LogP contribution in [0, 0.1) is 5.41 Å². The van der Waals surface area contributed by atoms with Gasteiger partial charge < -0.3 is 14.8 Å². The molecule has 4 aromatic rings. The van der Waals surface area contributed by atoms with Crippen LogP contribution in [0.3, 0.4) is 0 Å². The van der Waals surface area contributed by atoms with Crippen LogP contribution in [0.15, 0.2) is 43.1 Å². The number of rotatable bonds is 11. The van der Waals surface area contributed by atoms with Gasteiger partial charge in [0.15, 0.2) is 0 Å². The molecule has 3 aromatic heterocycles. The van der Waals surface area contributed by atoms with E-state index in [0.717, 1.165) is 28.6 Å². The van der Waals surface area contributed by atoms with Crippen LogP contribution in [0.4, 0.5) is 11.6 Å². The number of nitrogens with zero attached hydrogens (tertiary/aromatic N) is 9. The standard InChI is InChI=1S/C33H43ClN10O2/c1-21(2)31-29(17-44(39-31)26-12-33(13-26)18-42(19-33)25-6-8-27(45-4)9-7-25)38-32-35-14-24(15-36-32)23-5-10-28(34)30(11-23)46-22(3)16-43-20-37-40-41-43/h5,10-11,14-15,17,20-22,25-27H,6-9,12-13,16,18-19H2,1-4H3,(H,35,36,38)/t22-,25?,27?/m0/s1. The van der Waals surface area contributed by atoms with Crippen molar-refractivity contribution in [3.8, 4) is 16.9 Å². The van der Waals surface area contributed by atoms with Gasteiger partial charge in [-0.2, -0.15) is 5.10 Å². The first kappa shape index (κ1) is 31.0. The number of halogens is 1. The third-order valence-electron chi connectivity index (χ3n) is 9.92. The lowest BCUT2D eigenvalue weighted by Gasteiger charge is -2.61. The van der Waals surface area contributed by atoms with Crippen molar-refractivity contribution in [3.05, 3.63) is 53.8 Å². The van der Waals surface area contributed by atoms with Crippen molar-refractivity contribution in [3.63, 3.8) is 0 Å². The zero-order chi connectivity index (χ0) is 31.8. The summed E-state index contributed by atoms with van der Waals surface area (Å²) in [5, 5.41) is 20.2. The summed E-state index contributed by atoms with van der Waals surface area (Å²) in [6.45, 7) is 9.27. The van der Waals surface area contributed by atoms with Crippen molar-refractivity contribution in [1.29, 1.82) is 0 Å². The predicted octanol–water partition coefficient (Wildman–Crippen LogP) is 5.91. The molecule has 13 heteroatoms.